The molecule has 1 N–H and O–H groups in total. The van der Waals surface area contributed by atoms with Gasteiger partial charge in [0.15, 0.2) is 0 Å². The Morgan fingerprint density at radius 2 is 2.04 bits per heavy atom. The molecule has 1 aromatic carbocycles. The molecule has 3 rings (SSSR count). The van der Waals surface area contributed by atoms with Crippen molar-refractivity contribution in [2.24, 2.45) is 0 Å². The highest BCUT2D eigenvalue weighted by Gasteiger charge is 2.13. The van der Waals surface area contributed by atoms with Crippen molar-refractivity contribution in [1.29, 1.82) is 0 Å². The maximum atomic E-state index is 10.7. The number of aliphatic carboxylic acids is 1. The number of hydrogen-bond acceptors (Lipinski definition) is 3. The second kappa shape index (κ2) is 6.63. The Bertz CT molecular complexity index is 944. The maximum Gasteiger partial charge on any atom is 0.328 e. The van der Waals surface area contributed by atoms with Crippen LogP contribution in [0.4, 0.5) is 0 Å². The average Bonchev–Trinajstić information content (AvgIpc) is 2.85. The lowest BCUT2D eigenvalue weighted by molar-refractivity contribution is -0.131. The summed E-state index contributed by atoms with van der Waals surface area (Å²) in [6.45, 7) is 2.27. The van der Waals surface area contributed by atoms with Crippen LogP contribution in [0.5, 0.6) is 0 Å². The molecule has 0 atom stereocenters. The molecule has 0 aliphatic rings. The van der Waals surface area contributed by atoms with Crippen LogP contribution < -0.4 is 0 Å². The predicted octanol–water partition coefficient (Wildman–Crippen LogP) is 4.19. The SMILES string of the molecule is Cc1nn(Cc2c(Cl)cccc2Cl)c2cc(/C=C/C(=O)O)cnc12. The quantitative estimate of drug-likeness (QED) is 0.707. The van der Waals surface area contributed by atoms with Crippen molar-refractivity contribution in [2.45, 2.75) is 13.5 Å². The van der Waals surface area contributed by atoms with Gasteiger partial charge in [-0.2, -0.15) is 5.10 Å². The topological polar surface area (TPSA) is 68.0 Å². The number of hydrogen-bond donors (Lipinski definition) is 1. The van der Waals surface area contributed by atoms with Gasteiger partial charge in [-0.25, -0.2) is 4.79 Å². The van der Waals surface area contributed by atoms with Crippen LogP contribution in [-0.2, 0) is 11.3 Å². The number of rotatable bonds is 4. The number of carbonyl (C=O) groups is 1. The van der Waals surface area contributed by atoms with Gasteiger partial charge in [-0.1, -0.05) is 29.3 Å². The highest BCUT2D eigenvalue weighted by molar-refractivity contribution is 6.36. The molecule has 2 aromatic heterocycles. The molecule has 0 saturated carbocycles. The van der Waals surface area contributed by atoms with Crippen molar-refractivity contribution in [2.75, 3.05) is 0 Å². The van der Waals surface area contributed by atoms with Gasteiger partial charge in [0.05, 0.1) is 17.8 Å². The smallest absolute Gasteiger partial charge is 0.328 e. The first-order valence-corrected chi connectivity index (χ1v) is 7.88. The van der Waals surface area contributed by atoms with Gasteiger partial charge in [0.2, 0.25) is 0 Å². The number of halogens is 2. The summed E-state index contributed by atoms with van der Waals surface area (Å²) in [5.74, 6) is -1.01. The van der Waals surface area contributed by atoms with E-state index in [1.165, 1.54) is 6.08 Å². The van der Waals surface area contributed by atoms with Crippen LogP contribution in [0, 0.1) is 6.92 Å². The molecule has 0 fully saturated rings. The molecule has 0 bridgehead atoms. The van der Waals surface area contributed by atoms with Crippen LogP contribution in [0.15, 0.2) is 36.5 Å². The first-order chi connectivity index (χ1) is 11.5. The molecule has 0 amide bonds. The molecule has 0 aliphatic carbocycles. The van der Waals surface area contributed by atoms with E-state index in [1.807, 2.05) is 13.0 Å². The van der Waals surface area contributed by atoms with Crippen molar-refractivity contribution in [3.8, 4) is 0 Å². The third-order valence-electron chi connectivity index (χ3n) is 3.57. The normalized spacial score (nSPS) is 11.5. The van der Waals surface area contributed by atoms with Crippen LogP contribution in [0.1, 0.15) is 16.8 Å². The standard InChI is InChI=1S/C17H13Cl2N3O2/c1-10-17-15(7-11(8-20-17)5-6-16(23)24)22(21-10)9-12-13(18)3-2-4-14(12)19/h2-8H,9H2,1H3,(H,23,24)/b6-5+. The Kier molecular flexibility index (Phi) is 4.55. The van der Waals surface area contributed by atoms with Gasteiger partial charge < -0.3 is 5.11 Å². The van der Waals surface area contributed by atoms with E-state index >= 15 is 0 Å². The number of aromatic nitrogens is 3. The Hall–Kier alpha value is -2.37. The lowest BCUT2D eigenvalue weighted by atomic mass is 10.2. The van der Waals surface area contributed by atoms with Gasteiger partial charge in [0.25, 0.3) is 0 Å². The van der Waals surface area contributed by atoms with Gasteiger partial charge >= 0.3 is 5.97 Å². The number of nitrogens with zero attached hydrogens (tertiary/aromatic N) is 3. The fourth-order valence-corrected chi connectivity index (χ4v) is 2.96. The van der Waals surface area contributed by atoms with Crippen LogP contribution in [0.2, 0.25) is 10.0 Å². The molecular weight excluding hydrogens is 349 g/mol. The predicted molar refractivity (Wildman–Crippen MR) is 94.5 cm³/mol. The van der Waals surface area contributed by atoms with E-state index in [2.05, 4.69) is 10.1 Å². The summed E-state index contributed by atoms with van der Waals surface area (Å²) in [5, 5.41) is 14.4. The molecule has 2 heterocycles. The summed E-state index contributed by atoms with van der Waals surface area (Å²) >= 11 is 12.5. The Balaban J connectivity index is 2.07. The minimum absolute atomic E-state index is 0.399. The van der Waals surface area contributed by atoms with Gasteiger partial charge in [-0.05, 0) is 36.8 Å². The van der Waals surface area contributed by atoms with E-state index in [-0.39, 0.29) is 0 Å². The first-order valence-electron chi connectivity index (χ1n) is 7.13. The number of pyridine rings is 1. The Morgan fingerprint density at radius 3 is 2.71 bits per heavy atom. The minimum Gasteiger partial charge on any atom is -0.478 e. The van der Waals surface area contributed by atoms with Gasteiger partial charge in [-0.15, -0.1) is 0 Å². The highest BCUT2D eigenvalue weighted by atomic mass is 35.5. The van der Waals surface area contributed by atoms with E-state index in [1.54, 1.807) is 29.1 Å². The summed E-state index contributed by atoms with van der Waals surface area (Å²) in [7, 11) is 0. The Morgan fingerprint density at radius 1 is 1.33 bits per heavy atom. The molecular formula is C17H13Cl2N3O2. The summed E-state index contributed by atoms with van der Waals surface area (Å²) in [4.78, 5) is 15.0. The van der Waals surface area contributed by atoms with E-state index < -0.39 is 5.97 Å². The summed E-state index contributed by atoms with van der Waals surface area (Å²) in [5.41, 5.74) is 3.77. The molecule has 3 aromatic rings. The number of carboxylic acid groups (broad SMARTS) is 1. The van der Waals surface area contributed by atoms with E-state index in [0.717, 1.165) is 28.4 Å². The highest BCUT2D eigenvalue weighted by Crippen LogP contribution is 2.27. The molecule has 0 spiro atoms. The molecule has 0 saturated heterocycles. The second-order valence-corrected chi connectivity index (χ2v) is 6.07. The average molecular weight is 362 g/mol. The van der Waals surface area contributed by atoms with Gasteiger partial charge in [-0.3, -0.25) is 9.67 Å². The zero-order chi connectivity index (χ0) is 17.3. The van der Waals surface area contributed by atoms with Crippen LogP contribution in [0.3, 0.4) is 0 Å². The van der Waals surface area contributed by atoms with Gasteiger partial charge in [0.1, 0.15) is 5.52 Å². The fourth-order valence-electron chi connectivity index (χ4n) is 2.44. The summed E-state index contributed by atoms with van der Waals surface area (Å²) in [6.07, 6.45) is 4.18. The molecule has 5 nitrogen and oxygen atoms in total. The van der Waals surface area contributed by atoms with Crippen LogP contribution in [-0.4, -0.2) is 25.8 Å². The molecule has 122 valence electrons. The molecule has 0 radical (unpaired) electrons. The molecule has 0 unspecified atom stereocenters. The molecule has 7 heteroatoms. The molecule has 24 heavy (non-hydrogen) atoms. The maximum absolute atomic E-state index is 10.7. The van der Waals surface area contributed by atoms with Crippen molar-refractivity contribution in [3.05, 3.63) is 63.4 Å². The van der Waals surface area contributed by atoms with Gasteiger partial charge in [0, 0.05) is 27.9 Å². The van der Waals surface area contributed by atoms with Crippen LogP contribution >= 0.6 is 23.2 Å². The van der Waals surface area contributed by atoms with E-state index in [4.69, 9.17) is 28.3 Å². The number of fused-ring (bicyclic) bond motifs is 1. The zero-order valence-electron chi connectivity index (χ0n) is 12.7. The van der Waals surface area contributed by atoms with Crippen molar-refractivity contribution >= 4 is 46.3 Å². The van der Waals surface area contributed by atoms with E-state index in [0.29, 0.717) is 22.2 Å². The third kappa shape index (κ3) is 3.27. The Labute approximate surface area is 148 Å². The summed E-state index contributed by atoms with van der Waals surface area (Å²) < 4.78 is 1.77. The zero-order valence-corrected chi connectivity index (χ0v) is 14.2. The second-order valence-electron chi connectivity index (χ2n) is 5.25. The number of aryl methyl sites for hydroxylation is 1. The van der Waals surface area contributed by atoms with E-state index in [9.17, 15) is 4.79 Å². The van der Waals surface area contributed by atoms with Crippen molar-refractivity contribution in [1.82, 2.24) is 14.8 Å². The minimum atomic E-state index is -1.01. The van der Waals surface area contributed by atoms with Crippen molar-refractivity contribution < 1.29 is 9.90 Å². The fraction of sp³-hybridized carbons (Fsp3) is 0.118. The third-order valence-corrected chi connectivity index (χ3v) is 4.28. The largest absolute Gasteiger partial charge is 0.478 e. The summed E-state index contributed by atoms with van der Waals surface area (Å²) in [6, 6.07) is 7.19. The van der Waals surface area contributed by atoms with Crippen LogP contribution in [0.25, 0.3) is 17.1 Å². The monoisotopic (exact) mass is 361 g/mol. The number of carboxylic acids is 1. The number of benzene rings is 1. The molecule has 0 aliphatic heterocycles. The van der Waals surface area contributed by atoms with Crippen molar-refractivity contribution in [3.63, 3.8) is 0 Å². The first kappa shape index (κ1) is 16.5. The lowest BCUT2D eigenvalue weighted by Gasteiger charge is -2.08. The lowest BCUT2D eigenvalue weighted by Crippen LogP contribution is -2.03.